The fourth-order valence-corrected chi connectivity index (χ4v) is 2.66. The number of carbonyl (C=O) groups is 4. The molecule has 3 atom stereocenters. The molecular formula is C15H26N4O5S. The summed E-state index contributed by atoms with van der Waals surface area (Å²) in [6.07, 6.45) is 1.61. The summed E-state index contributed by atoms with van der Waals surface area (Å²) < 4.78 is 0. The van der Waals surface area contributed by atoms with Crippen LogP contribution in [-0.4, -0.2) is 65.8 Å². The Morgan fingerprint density at radius 2 is 1.92 bits per heavy atom. The summed E-state index contributed by atoms with van der Waals surface area (Å²) in [6, 6.07) is -2.22. The van der Waals surface area contributed by atoms with Gasteiger partial charge in [0.1, 0.15) is 12.1 Å². The Balaban J connectivity index is 2.45. The number of hydrogen-bond acceptors (Lipinski definition) is 6. The smallest absolute Gasteiger partial charge is 0.326 e. The van der Waals surface area contributed by atoms with Crippen molar-refractivity contribution in [2.45, 2.75) is 44.8 Å². The Bertz CT molecular complexity index is 508. The average Bonchev–Trinajstić information content (AvgIpc) is 3.09. The van der Waals surface area contributed by atoms with Crippen LogP contribution in [0.2, 0.25) is 0 Å². The molecule has 1 fully saturated rings. The summed E-state index contributed by atoms with van der Waals surface area (Å²) in [6.45, 7) is 3.72. The highest BCUT2D eigenvalue weighted by Crippen LogP contribution is 2.05. The summed E-state index contributed by atoms with van der Waals surface area (Å²) >= 11 is 4.05. The van der Waals surface area contributed by atoms with Crippen LogP contribution in [0, 0.1) is 5.92 Å². The Hall–Kier alpha value is -1.81. The number of rotatable bonds is 9. The summed E-state index contributed by atoms with van der Waals surface area (Å²) in [7, 11) is 0. The molecule has 3 unspecified atom stereocenters. The largest absolute Gasteiger partial charge is 0.480 e. The molecule has 3 amide bonds. The van der Waals surface area contributed by atoms with Crippen molar-refractivity contribution in [3.8, 4) is 0 Å². The van der Waals surface area contributed by atoms with E-state index in [1.807, 2.05) is 0 Å². The highest BCUT2D eigenvalue weighted by atomic mass is 32.1. The molecule has 10 heteroatoms. The molecule has 9 nitrogen and oxygen atoms in total. The highest BCUT2D eigenvalue weighted by Gasteiger charge is 2.27. The first-order valence-electron chi connectivity index (χ1n) is 8.20. The molecule has 142 valence electrons. The van der Waals surface area contributed by atoms with Crippen molar-refractivity contribution in [2.75, 3.05) is 18.8 Å². The van der Waals surface area contributed by atoms with E-state index in [1.54, 1.807) is 13.8 Å². The quantitative estimate of drug-likeness (QED) is 0.272. The second-order valence-corrected chi connectivity index (χ2v) is 6.60. The van der Waals surface area contributed by atoms with Gasteiger partial charge in [-0.1, -0.05) is 13.8 Å². The van der Waals surface area contributed by atoms with Crippen LogP contribution in [0.3, 0.4) is 0 Å². The highest BCUT2D eigenvalue weighted by molar-refractivity contribution is 7.80. The van der Waals surface area contributed by atoms with Gasteiger partial charge >= 0.3 is 5.97 Å². The first-order valence-corrected chi connectivity index (χ1v) is 8.84. The topological polar surface area (TPSA) is 137 Å². The number of carboxylic acids is 1. The van der Waals surface area contributed by atoms with Gasteiger partial charge in [-0.05, 0) is 25.3 Å². The minimum absolute atomic E-state index is 0.0790. The molecule has 0 aromatic rings. The second-order valence-electron chi connectivity index (χ2n) is 6.24. The fourth-order valence-electron chi connectivity index (χ4n) is 2.40. The molecule has 1 aliphatic rings. The monoisotopic (exact) mass is 374 g/mol. The van der Waals surface area contributed by atoms with Crippen molar-refractivity contribution in [2.24, 2.45) is 5.92 Å². The summed E-state index contributed by atoms with van der Waals surface area (Å²) in [5, 5.41) is 19.4. The number of aliphatic carboxylic acids is 1. The summed E-state index contributed by atoms with van der Waals surface area (Å²) in [4.78, 5) is 47.0. The van der Waals surface area contributed by atoms with Crippen LogP contribution in [0.15, 0.2) is 0 Å². The molecule has 1 rings (SSSR count). The number of hydrogen-bond donors (Lipinski definition) is 6. The van der Waals surface area contributed by atoms with Gasteiger partial charge in [-0.15, -0.1) is 0 Å². The predicted molar refractivity (Wildman–Crippen MR) is 94.2 cm³/mol. The zero-order valence-corrected chi connectivity index (χ0v) is 15.3. The van der Waals surface area contributed by atoms with Gasteiger partial charge < -0.3 is 26.4 Å². The van der Waals surface area contributed by atoms with Crippen molar-refractivity contribution in [1.82, 2.24) is 21.3 Å². The fraction of sp³-hybridized carbons (Fsp3) is 0.733. The standard InChI is InChI=1S/C15H26N4O5S/c1-8(2)12(15(23)24)19-11(20)6-17-13(21)10(7-25)18-14(22)9-4-3-5-16-9/h8-10,12,16,25H,3-7H2,1-2H3,(H,17,21)(H,18,22)(H,19,20)(H,23,24). The maximum atomic E-state index is 12.1. The zero-order chi connectivity index (χ0) is 19.0. The van der Waals surface area contributed by atoms with E-state index in [9.17, 15) is 19.2 Å². The molecule has 0 radical (unpaired) electrons. The van der Waals surface area contributed by atoms with Gasteiger partial charge in [-0.2, -0.15) is 12.6 Å². The molecule has 0 aliphatic carbocycles. The van der Waals surface area contributed by atoms with Crippen LogP contribution in [0.5, 0.6) is 0 Å². The van der Waals surface area contributed by atoms with Crippen LogP contribution in [0.1, 0.15) is 26.7 Å². The SMILES string of the molecule is CC(C)C(NC(=O)CNC(=O)C(CS)NC(=O)C1CCCN1)C(=O)O. The number of nitrogens with one attached hydrogen (secondary N) is 4. The number of amides is 3. The van der Waals surface area contributed by atoms with E-state index >= 15 is 0 Å². The molecule has 1 aliphatic heterocycles. The lowest BCUT2D eigenvalue weighted by Crippen LogP contribution is -2.54. The van der Waals surface area contributed by atoms with E-state index in [0.717, 1.165) is 13.0 Å². The Kier molecular flexibility index (Phi) is 8.70. The van der Waals surface area contributed by atoms with Gasteiger partial charge in [-0.25, -0.2) is 4.79 Å². The van der Waals surface area contributed by atoms with E-state index in [-0.39, 0.29) is 30.2 Å². The number of carboxylic acid groups (broad SMARTS) is 1. The summed E-state index contributed by atoms with van der Waals surface area (Å²) in [5.41, 5.74) is 0. The maximum absolute atomic E-state index is 12.1. The predicted octanol–water partition coefficient (Wildman–Crippen LogP) is -1.51. The third-order valence-corrected chi connectivity index (χ3v) is 4.23. The number of carbonyl (C=O) groups excluding carboxylic acids is 3. The van der Waals surface area contributed by atoms with Crippen molar-refractivity contribution in [3.05, 3.63) is 0 Å². The van der Waals surface area contributed by atoms with Gasteiger partial charge in [0.25, 0.3) is 0 Å². The van der Waals surface area contributed by atoms with Crippen LogP contribution in [-0.2, 0) is 19.2 Å². The average molecular weight is 374 g/mol. The molecule has 0 spiro atoms. The normalized spacial score (nSPS) is 19.1. The third-order valence-electron chi connectivity index (χ3n) is 3.86. The van der Waals surface area contributed by atoms with E-state index in [1.165, 1.54) is 0 Å². The van der Waals surface area contributed by atoms with E-state index < -0.39 is 29.9 Å². The molecule has 1 heterocycles. The molecule has 5 N–H and O–H groups in total. The molecule has 0 bridgehead atoms. The van der Waals surface area contributed by atoms with E-state index in [2.05, 4.69) is 33.9 Å². The molecule has 0 aromatic carbocycles. The molecule has 25 heavy (non-hydrogen) atoms. The van der Waals surface area contributed by atoms with Gasteiger partial charge in [-0.3, -0.25) is 14.4 Å². The third kappa shape index (κ3) is 6.91. The van der Waals surface area contributed by atoms with E-state index in [4.69, 9.17) is 5.11 Å². The van der Waals surface area contributed by atoms with Gasteiger partial charge in [0.2, 0.25) is 17.7 Å². The van der Waals surface area contributed by atoms with Crippen molar-refractivity contribution in [3.63, 3.8) is 0 Å². The molecular weight excluding hydrogens is 348 g/mol. The maximum Gasteiger partial charge on any atom is 0.326 e. The summed E-state index contributed by atoms with van der Waals surface area (Å²) in [5.74, 6) is -2.79. The van der Waals surface area contributed by atoms with Gasteiger partial charge in [0.05, 0.1) is 12.6 Å². The van der Waals surface area contributed by atoms with Gasteiger partial charge in [0.15, 0.2) is 0 Å². The van der Waals surface area contributed by atoms with E-state index in [0.29, 0.717) is 6.42 Å². The molecule has 0 saturated carbocycles. The lowest BCUT2D eigenvalue weighted by Gasteiger charge is -2.20. The van der Waals surface area contributed by atoms with Crippen LogP contribution >= 0.6 is 12.6 Å². The Labute approximate surface area is 152 Å². The van der Waals surface area contributed by atoms with Gasteiger partial charge in [0, 0.05) is 5.75 Å². The lowest BCUT2D eigenvalue weighted by molar-refractivity contribution is -0.143. The van der Waals surface area contributed by atoms with Crippen molar-refractivity contribution >= 4 is 36.3 Å². The van der Waals surface area contributed by atoms with Crippen molar-refractivity contribution < 1.29 is 24.3 Å². The first-order chi connectivity index (χ1) is 11.8. The first kappa shape index (κ1) is 21.2. The minimum Gasteiger partial charge on any atom is -0.480 e. The second kappa shape index (κ2) is 10.2. The Morgan fingerprint density at radius 3 is 2.40 bits per heavy atom. The lowest BCUT2D eigenvalue weighted by atomic mass is 10.1. The molecule has 0 aromatic heterocycles. The van der Waals surface area contributed by atoms with Crippen LogP contribution < -0.4 is 21.3 Å². The minimum atomic E-state index is -1.14. The number of thiol groups is 1. The van der Waals surface area contributed by atoms with Crippen molar-refractivity contribution in [1.29, 1.82) is 0 Å². The molecule has 1 saturated heterocycles. The zero-order valence-electron chi connectivity index (χ0n) is 14.4. The van der Waals surface area contributed by atoms with Crippen LogP contribution in [0.4, 0.5) is 0 Å². The Morgan fingerprint density at radius 1 is 1.24 bits per heavy atom. The van der Waals surface area contributed by atoms with Crippen LogP contribution in [0.25, 0.3) is 0 Å².